The number of nitrogens with zero attached hydrogens (tertiary/aromatic N) is 1. The topological polar surface area (TPSA) is 15.3 Å². The molecule has 1 aromatic rings. The molecule has 0 unspecified atom stereocenters. The number of benzene rings is 1. The van der Waals surface area contributed by atoms with E-state index in [-0.39, 0.29) is 0 Å². The molecule has 0 radical (unpaired) electrons. The Hall–Kier alpha value is -0.860. The molecule has 1 aliphatic rings. The minimum absolute atomic E-state index is 0.851. The second-order valence-corrected chi connectivity index (χ2v) is 4.67. The van der Waals surface area contributed by atoms with Crippen molar-refractivity contribution >= 4 is 0 Å². The van der Waals surface area contributed by atoms with Crippen molar-refractivity contribution in [1.82, 2.24) is 10.2 Å². The molecule has 1 saturated heterocycles. The molecule has 88 valence electrons. The highest BCUT2D eigenvalue weighted by molar-refractivity contribution is 5.14. The van der Waals surface area contributed by atoms with Gasteiger partial charge in [-0.2, -0.15) is 0 Å². The van der Waals surface area contributed by atoms with Gasteiger partial charge in [-0.15, -0.1) is 0 Å². The van der Waals surface area contributed by atoms with Crippen molar-refractivity contribution in [2.45, 2.75) is 19.9 Å². The van der Waals surface area contributed by atoms with Crippen LogP contribution in [0.5, 0.6) is 0 Å². The van der Waals surface area contributed by atoms with E-state index in [0.29, 0.717) is 0 Å². The first kappa shape index (κ1) is 11.6. The molecule has 0 spiro atoms. The summed E-state index contributed by atoms with van der Waals surface area (Å²) in [5.41, 5.74) is 1.43. The molecule has 1 atom stereocenters. The van der Waals surface area contributed by atoms with E-state index >= 15 is 0 Å². The summed E-state index contributed by atoms with van der Waals surface area (Å²) in [5, 5.41) is 3.44. The van der Waals surface area contributed by atoms with Crippen molar-refractivity contribution in [3.05, 3.63) is 35.9 Å². The average Bonchev–Trinajstić information content (AvgIpc) is 2.82. The number of hydrogen-bond donors (Lipinski definition) is 1. The smallest absolute Gasteiger partial charge is 0.0233 e. The van der Waals surface area contributed by atoms with Crippen LogP contribution >= 0.6 is 0 Å². The van der Waals surface area contributed by atoms with Crippen LogP contribution in [0.15, 0.2) is 30.3 Å². The zero-order valence-corrected chi connectivity index (χ0v) is 10.2. The molecule has 0 bridgehead atoms. The lowest BCUT2D eigenvalue weighted by Crippen LogP contribution is -2.30. The summed E-state index contributed by atoms with van der Waals surface area (Å²) in [5.74, 6) is 0.851. The van der Waals surface area contributed by atoms with E-state index in [9.17, 15) is 0 Å². The largest absolute Gasteiger partial charge is 0.316 e. The molecule has 0 saturated carbocycles. The lowest BCUT2D eigenvalue weighted by molar-refractivity contribution is 0.240. The number of rotatable bonds is 5. The van der Waals surface area contributed by atoms with Crippen molar-refractivity contribution in [1.29, 1.82) is 0 Å². The highest BCUT2D eigenvalue weighted by Gasteiger charge is 2.17. The van der Waals surface area contributed by atoms with E-state index in [1.807, 2.05) is 0 Å². The van der Waals surface area contributed by atoms with Crippen LogP contribution in [-0.4, -0.2) is 31.1 Å². The maximum atomic E-state index is 3.44. The van der Waals surface area contributed by atoms with Crippen LogP contribution in [0.25, 0.3) is 0 Å². The van der Waals surface area contributed by atoms with Crippen LogP contribution in [0.1, 0.15) is 18.9 Å². The minimum Gasteiger partial charge on any atom is -0.316 e. The molecule has 0 aliphatic carbocycles. The van der Waals surface area contributed by atoms with Gasteiger partial charge in [-0.25, -0.2) is 0 Å². The molecule has 1 fully saturated rings. The summed E-state index contributed by atoms with van der Waals surface area (Å²) in [6.07, 6.45) is 1.34. The Morgan fingerprint density at radius 3 is 2.75 bits per heavy atom. The molecule has 0 amide bonds. The molecular formula is C14H22N2. The summed E-state index contributed by atoms with van der Waals surface area (Å²) in [4.78, 5) is 2.55. The first-order valence-electron chi connectivity index (χ1n) is 6.35. The maximum absolute atomic E-state index is 3.44. The van der Waals surface area contributed by atoms with Crippen LogP contribution in [0, 0.1) is 5.92 Å². The summed E-state index contributed by atoms with van der Waals surface area (Å²) in [6, 6.07) is 10.8. The predicted molar refractivity (Wildman–Crippen MR) is 68.4 cm³/mol. The molecular weight excluding hydrogens is 196 g/mol. The van der Waals surface area contributed by atoms with Crippen molar-refractivity contribution in [2.24, 2.45) is 5.92 Å². The van der Waals surface area contributed by atoms with Gasteiger partial charge in [0.25, 0.3) is 0 Å². The first-order valence-corrected chi connectivity index (χ1v) is 6.35. The predicted octanol–water partition coefficient (Wildman–Crippen LogP) is 2.12. The van der Waals surface area contributed by atoms with Gasteiger partial charge in [-0.3, -0.25) is 4.90 Å². The molecule has 1 aliphatic heterocycles. The Labute approximate surface area is 98.7 Å². The van der Waals surface area contributed by atoms with Crippen LogP contribution in [0.4, 0.5) is 0 Å². The van der Waals surface area contributed by atoms with Crippen molar-refractivity contribution in [2.75, 3.05) is 26.2 Å². The lowest BCUT2D eigenvalue weighted by Gasteiger charge is -2.23. The number of nitrogens with one attached hydrogen (secondary N) is 1. The van der Waals surface area contributed by atoms with Crippen molar-refractivity contribution in [3.63, 3.8) is 0 Å². The van der Waals surface area contributed by atoms with Crippen LogP contribution in [-0.2, 0) is 6.54 Å². The van der Waals surface area contributed by atoms with Gasteiger partial charge in [0.05, 0.1) is 0 Å². The van der Waals surface area contributed by atoms with E-state index in [1.54, 1.807) is 0 Å². The van der Waals surface area contributed by atoms with E-state index in [1.165, 1.54) is 31.6 Å². The third-order valence-electron chi connectivity index (χ3n) is 3.37. The summed E-state index contributed by atoms with van der Waals surface area (Å²) < 4.78 is 0. The second-order valence-electron chi connectivity index (χ2n) is 4.67. The van der Waals surface area contributed by atoms with Gasteiger partial charge < -0.3 is 5.32 Å². The highest BCUT2D eigenvalue weighted by Crippen LogP contribution is 2.12. The quantitative estimate of drug-likeness (QED) is 0.814. The maximum Gasteiger partial charge on any atom is 0.0233 e. The van der Waals surface area contributed by atoms with Gasteiger partial charge in [-0.1, -0.05) is 37.3 Å². The lowest BCUT2D eigenvalue weighted by atomic mass is 10.1. The highest BCUT2D eigenvalue weighted by atomic mass is 15.1. The summed E-state index contributed by atoms with van der Waals surface area (Å²) in [7, 11) is 0. The fraction of sp³-hybridized carbons (Fsp3) is 0.571. The van der Waals surface area contributed by atoms with Crippen molar-refractivity contribution < 1.29 is 0 Å². The molecule has 1 heterocycles. The molecule has 16 heavy (non-hydrogen) atoms. The number of hydrogen-bond acceptors (Lipinski definition) is 2. The Kier molecular flexibility index (Phi) is 4.37. The van der Waals surface area contributed by atoms with Gasteiger partial charge in [0.1, 0.15) is 0 Å². The Bertz CT molecular complexity index is 291. The Balaban J connectivity index is 1.85. The standard InChI is InChI=1S/C14H22N2/c1-2-16(12-14-8-9-15-10-14)11-13-6-4-3-5-7-13/h3-7,14-15H,2,8-12H2,1H3/t14-/m1/s1. The summed E-state index contributed by atoms with van der Waals surface area (Å²) >= 11 is 0. The monoisotopic (exact) mass is 218 g/mol. The van der Waals surface area contributed by atoms with Crippen molar-refractivity contribution in [3.8, 4) is 0 Å². The SMILES string of the molecule is CCN(Cc1ccccc1)C[C@@H]1CCNC1. The van der Waals surface area contributed by atoms with Gasteiger partial charge in [0, 0.05) is 13.1 Å². The molecule has 1 N–H and O–H groups in total. The average molecular weight is 218 g/mol. The first-order chi connectivity index (χ1) is 7.88. The van der Waals surface area contributed by atoms with Crippen LogP contribution < -0.4 is 5.32 Å². The van der Waals surface area contributed by atoms with Gasteiger partial charge in [0.15, 0.2) is 0 Å². The second kappa shape index (κ2) is 6.02. The van der Waals surface area contributed by atoms with Gasteiger partial charge in [0.2, 0.25) is 0 Å². The minimum atomic E-state index is 0.851. The summed E-state index contributed by atoms with van der Waals surface area (Å²) in [6.45, 7) is 8.13. The fourth-order valence-corrected chi connectivity index (χ4v) is 2.38. The van der Waals surface area contributed by atoms with Crippen LogP contribution in [0.2, 0.25) is 0 Å². The van der Waals surface area contributed by atoms with Crippen LogP contribution in [0.3, 0.4) is 0 Å². The van der Waals surface area contributed by atoms with E-state index < -0.39 is 0 Å². The zero-order valence-electron chi connectivity index (χ0n) is 10.2. The van der Waals surface area contributed by atoms with E-state index in [0.717, 1.165) is 19.0 Å². The fourth-order valence-electron chi connectivity index (χ4n) is 2.38. The van der Waals surface area contributed by atoms with Gasteiger partial charge >= 0.3 is 0 Å². The molecule has 2 heteroatoms. The normalized spacial score (nSPS) is 20.5. The molecule has 2 nitrogen and oxygen atoms in total. The Morgan fingerprint density at radius 2 is 2.12 bits per heavy atom. The third-order valence-corrected chi connectivity index (χ3v) is 3.37. The Morgan fingerprint density at radius 1 is 1.31 bits per heavy atom. The molecule has 2 rings (SSSR count). The van der Waals surface area contributed by atoms with E-state index in [4.69, 9.17) is 0 Å². The zero-order chi connectivity index (χ0) is 11.2. The molecule has 1 aromatic carbocycles. The third kappa shape index (κ3) is 3.32. The van der Waals surface area contributed by atoms with Gasteiger partial charge in [-0.05, 0) is 37.5 Å². The molecule has 0 aromatic heterocycles. The van der Waals surface area contributed by atoms with E-state index in [2.05, 4.69) is 47.5 Å².